The molecule has 2 aromatic carbocycles. The van der Waals surface area contributed by atoms with Crippen LogP contribution in [0.5, 0.6) is 17.2 Å². The van der Waals surface area contributed by atoms with Crippen molar-refractivity contribution < 1.29 is 19.4 Å². The van der Waals surface area contributed by atoms with Crippen LogP contribution in [-0.2, 0) is 4.79 Å². The van der Waals surface area contributed by atoms with E-state index in [2.05, 4.69) is 26.5 Å². The number of nitrogens with zero attached hydrogens (tertiary/aromatic N) is 2. The highest BCUT2D eigenvalue weighted by Gasteiger charge is 2.08. The number of hydrogen-bond acceptors (Lipinski definition) is 6. The maximum Gasteiger partial charge on any atom is 0.277 e. The first-order chi connectivity index (χ1) is 12.5. The summed E-state index contributed by atoms with van der Waals surface area (Å²) in [5.74, 6) is 0.364. The molecule has 2 aromatic rings. The van der Waals surface area contributed by atoms with Gasteiger partial charge >= 0.3 is 0 Å². The molecular weight excluding hydrogens is 402 g/mol. The minimum Gasteiger partial charge on any atom is -0.503 e. The minimum atomic E-state index is -0.437. The Hall–Kier alpha value is -3.05. The predicted molar refractivity (Wildman–Crippen MR) is 99.4 cm³/mol. The Morgan fingerprint density at radius 1 is 1.35 bits per heavy atom. The molecule has 0 radical (unpaired) electrons. The number of halogens is 1. The molecule has 134 valence electrons. The lowest BCUT2D eigenvalue weighted by atomic mass is 10.2. The van der Waals surface area contributed by atoms with Crippen LogP contribution in [0.2, 0.25) is 0 Å². The zero-order chi connectivity index (χ0) is 18.9. The topological polar surface area (TPSA) is 104 Å². The molecule has 0 aliphatic carbocycles. The van der Waals surface area contributed by atoms with Gasteiger partial charge in [-0.1, -0.05) is 0 Å². The largest absolute Gasteiger partial charge is 0.503 e. The summed E-state index contributed by atoms with van der Waals surface area (Å²) < 4.78 is 11.1. The summed E-state index contributed by atoms with van der Waals surface area (Å²) in [4.78, 5) is 11.7. The van der Waals surface area contributed by atoms with Gasteiger partial charge in [0.2, 0.25) is 0 Å². The quantitative estimate of drug-likeness (QED) is 0.532. The predicted octanol–water partition coefficient (Wildman–Crippen LogP) is 2.95. The van der Waals surface area contributed by atoms with E-state index >= 15 is 0 Å². The lowest BCUT2D eigenvalue weighted by Crippen LogP contribution is -2.24. The first kappa shape index (κ1) is 19.3. The lowest BCUT2D eigenvalue weighted by molar-refractivity contribution is -0.123. The van der Waals surface area contributed by atoms with E-state index in [0.29, 0.717) is 33.7 Å². The lowest BCUT2D eigenvalue weighted by Gasteiger charge is -2.08. The van der Waals surface area contributed by atoms with Crippen molar-refractivity contribution in [3.63, 3.8) is 0 Å². The van der Waals surface area contributed by atoms with Crippen LogP contribution in [0.3, 0.4) is 0 Å². The fourth-order valence-corrected chi connectivity index (χ4v) is 2.38. The monoisotopic (exact) mass is 417 g/mol. The average Bonchev–Trinajstić information content (AvgIpc) is 2.64. The van der Waals surface area contributed by atoms with Gasteiger partial charge < -0.3 is 14.6 Å². The van der Waals surface area contributed by atoms with Gasteiger partial charge in [0, 0.05) is 0 Å². The highest BCUT2D eigenvalue weighted by molar-refractivity contribution is 9.10. The number of carbonyl (C=O) groups excluding carboxylic acids is 1. The molecule has 0 atom stereocenters. The molecule has 0 spiro atoms. The summed E-state index contributed by atoms with van der Waals surface area (Å²) >= 11 is 3.23. The summed E-state index contributed by atoms with van der Waals surface area (Å²) in [5.41, 5.74) is 3.49. The van der Waals surface area contributed by atoms with Crippen LogP contribution in [-0.4, -0.2) is 30.4 Å². The van der Waals surface area contributed by atoms with E-state index in [-0.39, 0.29) is 12.4 Å². The van der Waals surface area contributed by atoms with E-state index in [9.17, 15) is 9.90 Å². The number of amides is 1. The molecule has 0 aliphatic rings. The summed E-state index contributed by atoms with van der Waals surface area (Å²) in [6, 6.07) is 11.7. The third-order valence-corrected chi connectivity index (χ3v) is 3.71. The van der Waals surface area contributed by atoms with Gasteiger partial charge in [0.25, 0.3) is 5.91 Å². The molecular formula is C18H16BrN3O4. The molecule has 0 saturated heterocycles. The Morgan fingerprint density at radius 3 is 2.73 bits per heavy atom. The zero-order valence-electron chi connectivity index (χ0n) is 13.9. The maximum absolute atomic E-state index is 11.7. The van der Waals surface area contributed by atoms with Crippen LogP contribution in [0.1, 0.15) is 18.1 Å². The van der Waals surface area contributed by atoms with Crippen LogP contribution < -0.4 is 14.9 Å². The number of benzene rings is 2. The van der Waals surface area contributed by atoms with E-state index in [1.165, 1.54) is 6.21 Å². The molecule has 0 saturated carbocycles. The van der Waals surface area contributed by atoms with Gasteiger partial charge in [-0.15, -0.1) is 0 Å². The van der Waals surface area contributed by atoms with E-state index in [4.69, 9.17) is 14.7 Å². The SMILES string of the molecule is CCOc1cc(C=NNC(=O)COc2ccc(C#N)cc2)cc(Br)c1O. The fourth-order valence-electron chi connectivity index (χ4n) is 1.92. The number of carbonyl (C=O) groups is 1. The van der Waals surface area contributed by atoms with Crippen LogP contribution in [0.15, 0.2) is 46.0 Å². The van der Waals surface area contributed by atoms with Crippen molar-refractivity contribution in [1.29, 1.82) is 5.26 Å². The molecule has 26 heavy (non-hydrogen) atoms. The highest BCUT2D eigenvalue weighted by Crippen LogP contribution is 2.34. The van der Waals surface area contributed by atoms with Gasteiger partial charge in [0.15, 0.2) is 18.1 Å². The molecule has 0 aromatic heterocycles. The van der Waals surface area contributed by atoms with Gasteiger partial charge in [0.1, 0.15) is 5.75 Å². The molecule has 0 unspecified atom stereocenters. The van der Waals surface area contributed by atoms with E-state index in [1.54, 1.807) is 36.4 Å². The van der Waals surface area contributed by atoms with Gasteiger partial charge in [-0.3, -0.25) is 4.79 Å². The number of aromatic hydroxyl groups is 1. The molecule has 2 N–H and O–H groups in total. The van der Waals surface area contributed by atoms with Crippen molar-refractivity contribution in [3.8, 4) is 23.3 Å². The third kappa shape index (κ3) is 5.50. The van der Waals surface area contributed by atoms with Crippen molar-refractivity contribution in [1.82, 2.24) is 5.43 Å². The summed E-state index contributed by atoms with van der Waals surface area (Å²) in [6.07, 6.45) is 1.42. The number of hydrazone groups is 1. The standard InChI is InChI=1S/C18H16BrN3O4/c1-2-25-16-8-13(7-15(19)18(16)24)10-21-22-17(23)11-26-14-5-3-12(9-20)4-6-14/h3-8,10,24H,2,11H2,1H3,(H,22,23). The molecule has 2 rings (SSSR count). The molecule has 0 aliphatic heterocycles. The van der Waals surface area contributed by atoms with Gasteiger partial charge in [-0.25, -0.2) is 5.43 Å². The van der Waals surface area contributed by atoms with Gasteiger partial charge in [-0.2, -0.15) is 10.4 Å². The van der Waals surface area contributed by atoms with Gasteiger partial charge in [-0.05, 0) is 64.8 Å². The summed E-state index contributed by atoms with van der Waals surface area (Å²) in [7, 11) is 0. The van der Waals surface area contributed by atoms with Crippen LogP contribution in [0.25, 0.3) is 0 Å². The Balaban J connectivity index is 1.89. The Bertz CT molecular complexity index is 845. The van der Waals surface area contributed by atoms with Crippen molar-refractivity contribution in [2.75, 3.05) is 13.2 Å². The smallest absolute Gasteiger partial charge is 0.277 e. The molecule has 1 amide bonds. The number of ether oxygens (including phenoxy) is 2. The normalized spacial score (nSPS) is 10.3. The van der Waals surface area contributed by atoms with Crippen molar-refractivity contribution in [2.45, 2.75) is 6.92 Å². The number of nitrogens with one attached hydrogen (secondary N) is 1. The molecule has 0 heterocycles. The Morgan fingerprint density at radius 2 is 2.08 bits per heavy atom. The number of nitriles is 1. The second kappa shape index (κ2) is 9.44. The zero-order valence-corrected chi connectivity index (χ0v) is 15.5. The number of rotatable bonds is 7. The number of phenols is 1. The van der Waals surface area contributed by atoms with Crippen LogP contribution in [0, 0.1) is 11.3 Å². The highest BCUT2D eigenvalue weighted by atomic mass is 79.9. The van der Waals surface area contributed by atoms with Crippen molar-refractivity contribution >= 4 is 28.1 Å². The Labute approximate surface area is 159 Å². The van der Waals surface area contributed by atoms with Crippen LogP contribution in [0.4, 0.5) is 0 Å². The first-order valence-electron chi connectivity index (χ1n) is 7.63. The Kier molecular flexibility index (Phi) is 7.00. The minimum absolute atomic E-state index is 0.00357. The number of hydrogen-bond donors (Lipinski definition) is 2. The maximum atomic E-state index is 11.7. The molecule has 7 nitrogen and oxygen atoms in total. The molecule has 8 heteroatoms. The summed E-state index contributed by atoms with van der Waals surface area (Å²) in [5, 5.41) is 22.4. The third-order valence-electron chi connectivity index (χ3n) is 3.11. The van der Waals surface area contributed by atoms with E-state index < -0.39 is 5.91 Å². The second-order valence-electron chi connectivity index (χ2n) is 5.00. The van der Waals surface area contributed by atoms with E-state index in [1.807, 2.05) is 13.0 Å². The van der Waals surface area contributed by atoms with Gasteiger partial charge in [0.05, 0.1) is 28.9 Å². The fraction of sp³-hybridized carbons (Fsp3) is 0.167. The first-order valence-corrected chi connectivity index (χ1v) is 8.43. The number of phenolic OH excluding ortho intramolecular Hbond substituents is 1. The van der Waals surface area contributed by atoms with E-state index in [0.717, 1.165) is 0 Å². The van der Waals surface area contributed by atoms with Crippen molar-refractivity contribution in [3.05, 3.63) is 52.0 Å². The van der Waals surface area contributed by atoms with Crippen LogP contribution >= 0.6 is 15.9 Å². The molecule has 0 fully saturated rings. The average molecular weight is 418 g/mol. The van der Waals surface area contributed by atoms with Crippen molar-refractivity contribution in [2.24, 2.45) is 5.10 Å². The summed E-state index contributed by atoms with van der Waals surface area (Å²) in [6.45, 7) is 2.00. The molecule has 0 bridgehead atoms. The second-order valence-corrected chi connectivity index (χ2v) is 5.85.